The number of benzene rings is 2. The predicted octanol–water partition coefficient (Wildman–Crippen LogP) is 7.09. The van der Waals surface area contributed by atoms with E-state index < -0.39 is 17.7 Å². The Labute approximate surface area is 247 Å². The van der Waals surface area contributed by atoms with E-state index in [9.17, 15) is 19.6 Å². The zero-order valence-electron chi connectivity index (χ0n) is 23.2. The molecule has 0 aliphatic rings. The highest BCUT2D eigenvalue weighted by atomic mass is 35.5. The first-order chi connectivity index (χ1) is 19.7. The van der Waals surface area contributed by atoms with Crippen molar-refractivity contribution in [2.75, 3.05) is 13.2 Å². The predicted molar refractivity (Wildman–Crippen MR) is 160 cm³/mol. The molecule has 0 radical (unpaired) electrons. The third-order valence-electron chi connectivity index (χ3n) is 6.76. The number of hydrogen-bond acceptors (Lipinski definition) is 7. The Morgan fingerprint density at radius 1 is 1.00 bits per heavy atom. The van der Waals surface area contributed by atoms with Crippen molar-refractivity contribution in [2.45, 2.75) is 40.7 Å². The largest absolute Gasteiger partial charge is 0.462 e. The van der Waals surface area contributed by atoms with Crippen LogP contribution in [0.5, 0.6) is 0 Å². The number of carbonyl (C=O) groups excluding carboxylic acids is 3. The highest BCUT2D eigenvalue weighted by molar-refractivity contribution is 7.14. The fourth-order valence-electron chi connectivity index (χ4n) is 4.76. The minimum absolute atomic E-state index is 0.0627. The lowest BCUT2D eigenvalue weighted by Gasteiger charge is -2.10. The molecular formula is C32H29ClN2O5S. The standard InChI is InChI=1S/C32H29ClN2O5S/c1-5-39-31(37)29-19(3)30(32(38)40-6-2)41-28(29)16-27(36)22(17-34)15-24-20(4)35(26-14-10-8-12-23(24)26)18-21-11-7-9-13-25(21)33/h7-15H,5-6,16,18H2,1-4H3. The minimum Gasteiger partial charge on any atom is -0.462 e. The zero-order valence-corrected chi connectivity index (χ0v) is 24.8. The van der Waals surface area contributed by atoms with Crippen LogP contribution in [-0.2, 0) is 27.2 Å². The Morgan fingerprint density at radius 2 is 1.66 bits per heavy atom. The molecule has 0 fully saturated rings. The number of allylic oxidation sites excluding steroid dienone is 1. The van der Waals surface area contributed by atoms with E-state index in [0.29, 0.717) is 22.0 Å². The molecule has 0 atom stereocenters. The van der Waals surface area contributed by atoms with Crippen LogP contribution in [-0.4, -0.2) is 35.5 Å². The molecule has 2 aromatic heterocycles. The summed E-state index contributed by atoms with van der Waals surface area (Å²) in [7, 11) is 0. The average molecular weight is 589 g/mol. The summed E-state index contributed by atoms with van der Waals surface area (Å²) >= 11 is 7.45. The third-order valence-corrected chi connectivity index (χ3v) is 8.40. The summed E-state index contributed by atoms with van der Waals surface area (Å²) < 4.78 is 12.4. The Hall–Kier alpha value is -4.19. The van der Waals surface area contributed by atoms with Crippen molar-refractivity contribution >= 4 is 57.6 Å². The molecule has 0 N–H and O–H groups in total. The molecule has 7 nitrogen and oxygen atoms in total. The zero-order chi connectivity index (χ0) is 29.7. The van der Waals surface area contributed by atoms with Gasteiger partial charge < -0.3 is 14.0 Å². The molecule has 4 aromatic rings. The number of nitrogens with zero attached hydrogens (tertiary/aromatic N) is 2. The molecule has 210 valence electrons. The SMILES string of the molecule is CCOC(=O)c1sc(CC(=O)C(C#N)=Cc2c(C)n(Cc3ccccc3Cl)c3ccccc23)c(C(=O)OCC)c1C. The number of fused-ring (bicyclic) bond motifs is 1. The average Bonchev–Trinajstić information content (AvgIpc) is 3.41. The van der Waals surface area contributed by atoms with Crippen LogP contribution in [0.1, 0.15) is 61.1 Å². The van der Waals surface area contributed by atoms with Gasteiger partial charge >= 0.3 is 11.9 Å². The normalized spacial score (nSPS) is 11.4. The first-order valence-electron chi connectivity index (χ1n) is 13.1. The number of hydrogen-bond donors (Lipinski definition) is 0. The molecule has 0 saturated carbocycles. The lowest BCUT2D eigenvalue weighted by Crippen LogP contribution is -2.12. The maximum atomic E-state index is 13.5. The molecule has 0 bridgehead atoms. The summed E-state index contributed by atoms with van der Waals surface area (Å²) in [4.78, 5) is 39.4. The smallest absolute Gasteiger partial charge is 0.348 e. The first-order valence-corrected chi connectivity index (χ1v) is 14.3. The fraction of sp³-hybridized carbons (Fsp3) is 0.250. The molecular weight excluding hydrogens is 560 g/mol. The summed E-state index contributed by atoms with van der Waals surface area (Å²) in [6.45, 7) is 7.76. The van der Waals surface area contributed by atoms with E-state index in [1.807, 2.05) is 61.5 Å². The van der Waals surface area contributed by atoms with Crippen molar-refractivity contribution in [2.24, 2.45) is 0 Å². The van der Waals surface area contributed by atoms with Gasteiger partial charge in [0.2, 0.25) is 0 Å². The number of para-hydroxylation sites is 1. The van der Waals surface area contributed by atoms with Crippen molar-refractivity contribution < 1.29 is 23.9 Å². The molecule has 0 unspecified atom stereocenters. The monoisotopic (exact) mass is 588 g/mol. The number of halogens is 1. The van der Waals surface area contributed by atoms with Crippen LogP contribution in [0.4, 0.5) is 0 Å². The van der Waals surface area contributed by atoms with Gasteiger partial charge in [0, 0.05) is 45.0 Å². The topological polar surface area (TPSA) is 98.4 Å². The number of ether oxygens (including phenoxy) is 2. The van der Waals surface area contributed by atoms with E-state index in [0.717, 1.165) is 39.1 Å². The lowest BCUT2D eigenvalue weighted by molar-refractivity contribution is -0.114. The van der Waals surface area contributed by atoms with Gasteiger partial charge in [0.05, 0.1) is 24.4 Å². The van der Waals surface area contributed by atoms with Crippen molar-refractivity contribution in [1.29, 1.82) is 5.26 Å². The van der Waals surface area contributed by atoms with Crippen molar-refractivity contribution in [1.82, 2.24) is 4.57 Å². The molecule has 0 saturated heterocycles. The van der Waals surface area contributed by atoms with Gasteiger partial charge in [-0.2, -0.15) is 5.26 Å². The second-order valence-electron chi connectivity index (χ2n) is 9.26. The Bertz CT molecular complexity index is 1720. The van der Waals surface area contributed by atoms with Gasteiger partial charge in [-0.25, -0.2) is 9.59 Å². The molecule has 0 spiro atoms. The number of aromatic nitrogens is 1. The van der Waals surface area contributed by atoms with Crippen LogP contribution in [0.25, 0.3) is 17.0 Å². The summed E-state index contributed by atoms with van der Waals surface area (Å²) in [5.41, 5.74) is 4.01. The van der Waals surface area contributed by atoms with Crippen LogP contribution in [0.15, 0.2) is 54.1 Å². The van der Waals surface area contributed by atoms with Gasteiger partial charge in [-0.15, -0.1) is 11.3 Å². The third kappa shape index (κ3) is 6.12. The quantitative estimate of drug-likeness (QED) is 0.111. The van der Waals surface area contributed by atoms with Gasteiger partial charge in [-0.05, 0) is 57.0 Å². The number of Topliss-reactive ketones (excluding diaryl/α,β-unsaturated/α-hetero) is 1. The van der Waals surface area contributed by atoms with Crippen LogP contribution >= 0.6 is 22.9 Å². The van der Waals surface area contributed by atoms with Crippen molar-refractivity contribution in [3.8, 4) is 6.07 Å². The van der Waals surface area contributed by atoms with Gasteiger partial charge in [-0.3, -0.25) is 4.79 Å². The van der Waals surface area contributed by atoms with E-state index in [-0.39, 0.29) is 35.6 Å². The lowest BCUT2D eigenvalue weighted by atomic mass is 10.0. The summed E-state index contributed by atoms with van der Waals surface area (Å²) in [5.74, 6) is -1.67. The fourth-order valence-corrected chi connectivity index (χ4v) is 6.14. The van der Waals surface area contributed by atoms with Crippen molar-refractivity contribution in [3.05, 3.63) is 96.8 Å². The highest BCUT2D eigenvalue weighted by Crippen LogP contribution is 2.33. The number of thiophene rings is 1. The van der Waals surface area contributed by atoms with Crippen LogP contribution in [0.2, 0.25) is 5.02 Å². The van der Waals surface area contributed by atoms with Crippen LogP contribution < -0.4 is 0 Å². The number of ketones is 1. The van der Waals surface area contributed by atoms with E-state index in [1.165, 1.54) is 0 Å². The van der Waals surface area contributed by atoms with Crippen LogP contribution in [0.3, 0.4) is 0 Å². The number of rotatable bonds is 10. The molecule has 0 aliphatic heterocycles. The minimum atomic E-state index is -0.624. The van der Waals surface area contributed by atoms with Crippen LogP contribution in [0, 0.1) is 25.2 Å². The summed E-state index contributed by atoms with van der Waals surface area (Å²) in [6, 6.07) is 17.4. The molecule has 2 heterocycles. The Balaban J connectivity index is 1.75. The Morgan fingerprint density at radius 3 is 2.34 bits per heavy atom. The molecule has 9 heteroatoms. The van der Waals surface area contributed by atoms with Gasteiger partial charge in [0.1, 0.15) is 10.9 Å². The first kappa shape index (κ1) is 29.8. The Kier molecular flexibility index (Phi) is 9.43. The molecule has 4 rings (SSSR count). The highest BCUT2D eigenvalue weighted by Gasteiger charge is 2.28. The number of esters is 2. The maximum Gasteiger partial charge on any atom is 0.348 e. The second-order valence-corrected chi connectivity index (χ2v) is 10.8. The molecule has 2 aromatic carbocycles. The molecule has 0 amide bonds. The molecule has 41 heavy (non-hydrogen) atoms. The summed E-state index contributed by atoms with van der Waals surface area (Å²) in [6.07, 6.45) is 1.36. The van der Waals surface area contributed by atoms with Gasteiger partial charge in [0.15, 0.2) is 5.78 Å². The summed E-state index contributed by atoms with van der Waals surface area (Å²) in [5, 5.41) is 11.6. The van der Waals surface area contributed by atoms with Gasteiger partial charge in [-0.1, -0.05) is 48.0 Å². The molecule has 0 aliphatic carbocycles. The van der Waals surface area contributed by atoms with E-state index >= 15 is 0 Å². The van der Waals surface area contributed by atoms with Crippen molar-refractivity contribution in [3.63, 3.8) is 0 Å². The number of carbonyl (C=O) groups is 3. The maximum absolute atomic E-state index is 13.5. The van der Waals surface area contributed by atoms with E-state index in [2.05, 4.69) is 4.57 Å². The van der Waals surface area contributed by atoms with E-state index in [1.54, 1.807) is 26.8 Å². The number of nitriles is 1. The second kappa shape index (κ2) is 13.0. The van der Waals surface area contributed by atoms with E-state index in [4.69, 9.17) is 21.1 Å². The van der Waals surface area contributed by atoms with Gasteiger partial charge in [0.25, 0.3) is 0 Å².